The summed E-state index contributed by atoms with van der Waals surface area (Å²) in [6.45, 7) is 3.88. The van der Waals surface area contributed by atoms with Crippen LogP contribution >= 0.6 is 11.6 Å². The second-order valence-corrected chi connectivity index (χ2v) is 10.7. The molecule has 3 aromatic rings. The van der Waals surface area contributed by atoms with E-state index in [1.807, 2.05) is 42.1 Å². The second-order valence-electron chi connectivity index (χ2n) is 10.3. The Balaban J connectivity index is 1.72. The molecule has 1 saturated heterocycles. The molecule has 2 aromatic heterocycles. The molecule has 3 N–H and O–H groups in total. The van der Waals surface area contributed by atoms with E-state index in [-0.39, 0.29) is 34.8 Å². The van der Waals surface area contributed by atoms with Gasteiger partial charge in [0.1, 0.15) is 11.9 Å². The number of nitrogens with zero attached hydrogens (tertiary/aromatic N) is 5. The van der Waals surface area contributed by atoms with Crippen LogP contribution in [-0.4, -0.2) is 79.0 Å². The summed E-state index contributed by atoms with van der Waals surface area (Å²) >= 11 is 6.52. The number of anilines is 3. The van der Waals surface area contributed by atoms with Crippen LogP contribution in [0.2, 0.25) is 5.02 Å². The first-order chi connectivity index (χ1) is 19.1. The van der Waals surface area contributed by atoms with Crippen LogP contribution in [-0.2, 0) is 11.3 Å². The van der Waals surface area contributed by atoms with Crippen molar-refractivity contribution >= 4 is 45.7 Å². The van der Waals surface area contributed by atoms with Gasteiger partial charge in [0.2, 0.25) is 0 Å². The smallest absolute Gasteiger partial charge is 0.293 e. The van der Waals surface area contributed by atoms with Gasteiger partial charge in [-0.1, -0.05) is 18.5 Å². The number of rotatable bonds is 9. The Labute approximate surface area is 237 Å². The summed E-state index contributed by atoms with van der Waals surface area (Å²) in [6, 6.07) is 10.9. The van der Waals surface area contributed by atoms with Gasteiger partial charge in [0.05, 0.1) is 22.2 Å². The van der Waals surface area contributed by atoms with Crippen molar-refractivity contribution in [3.05, 3.63) is 51.3 Å². The lowest BCUT2D eigenvalue weighted by molar-refractivity contribution is -0.122. The Kier molecular flexibility index (Phi) is 9.14. The molecule has 0 bridgehead atoms. The van der Waals surface area contributed by atoms with E-state index in [0.717, 1.165) is 0 Å². The molecule has 3 heterocycles. The van der Waals surface area contributed by atoms with Crippen LogP contribution in [0.5, 0.6) is 5.75 Å². The highest BCUT2D eigenvalue weighted by atomic mass is 35.5. The van der Waals surface area contributed by atoms with Crippen molar-refractivity contribution < 1.29 is 14.6 Å². The predicted octanol–water partition coefficient (Wildman–Crippen LogP) is 2.56. The molecule has 1 aliphatic heterocycles. The molecule has 1 fully saturated rings. The highest BCUT2D eigenvalue weighted by Crippen LogP contribution is 2.33. The number of carbonyl (C=O) groups excluding carboxylic acids is 1. The third-order valence-electron chi connectivity index (χ3n) is 6.75. The van der Waals surface area contributed by atoms with Crippen LogP contribution in [0.1, 0.15) is 18.9 Å². The number of hydrogen-bond acceptors (Lipinski definition) is 9. The number of likely N-dealkylation sites (N-methyl/N-ethyl adjacent to an activating group) is 2. The van der Waals surface area contributed by atoms with Crippen molar-refractivity contribution in [3.8, 4) is 11.8 Å². The first-order valence-electron chi connectivity index (χ1n) is 13.1. The average molecular weight is 568 g/mol. The van der Waals surface area contributed by atoms with Gasteiger partial charge in [0.25, 0.3) is 11.5 Å². The minimum Gasteiger partial charge on any atom is -0.478 e. The van der Waals surface area contributed by atoms with E-state index < -0.39 is 6.10 Å². The number of nitriles is 1. The van der Waals surface area contributed by atoms with E-state index in [1.165, 1.54) is 7.05 Å². The van der Waals surface area contributed by atoms with Crippen molar-refractivity contribution in [3.63, 3.8) is 0 Å². The zero-order valence-electron chi connectivity index (χ0n) is 23.1. The lowest BCUT2D eigenvalue weighted by Crippen LogP contribution is -2.43. The number of piperidine rings is 1. The highest BCUT2D eigenvalue weighted by Gasteiger charge is 2.27. The maximum absolute atomic E-state index is 13.2. The fourth-order valence-corrected chi connectivity index (χ4v) is 5.00. The molecular formula is C28H34ClN7O4. The van der Waals surface area contributed by atoms with Crippen LogP contribution in [0.15, 0.2) is 35.1 Å². The maximum Gasteiger partial charge on any atom is 0.293 e. The van der Waals surface area contributed by atoms with E-state index >= 15 is 0 Å². The third kappa shape index (κ3) is 6.65. The topological polar surface area (TPSA) is 136 Å². The van der Waals surface area contributed by atoms with Crippen molar-refractivity contribution in [1.82, 2.24) is 19.8 Å². The number of fused-ring (bicyclic) bond motifs is 1. The van der Waals surface area contributed by atoms with Gasteiger partial charge in [-0.15, -0.1) is 0 Å². The number of pyridine rings is 2. The van der Waals surface area contributed by atoms with Crippen LogP contribution in [0.3, 0.4) is 0 Å². The number of aliphatic hydroxyl groups excluding tert-OH is 1. The maximum atomic E-state index is 13.2. The van der Waals surface area contributed by atoms with Crippen molar-refractivity contribution in [2.24, 2.45) is 5.92 Å². The molecule has 212 valence electrons. The van der Waals surface area contributed by atoms with Gasteiger partial charge >= 0.3 is 0 Å². The lowest BCUT2D eigenvalue weighted by atomic mass is 9.97. The molecule has 0 aliphatic carbocycles. The number of carbonyl (C=O) groups is 1. The molecular weight excluding hydrogens is 534 g/mol. The Morgan fingerprint density at radius 3 is 2.75 bits per heavy atom. The van der Waals surface area contributed by atoms with Crippen LogP contribution in [0.25, 0.3) is 10.9 Å². The minimum absolute atomic E-state index is 0.0709. The number of aromatic nitrogens is 2. The SMILES string of the molecule is CNC(=O)COc1cc2cc(Nc3nc(N4CC(C)CC(O)C4)c(C#N)cc3Cl)ccc2n(CCN(C)C)c1=O. The van der Waals surface area contributed by atoms with Crippen molar-refractivity contribution in [1.29, 1.82) is 5.26 Å². The summed E-state index contributed by atoms with van der Waals surface area (Å²) in [5, 5.41) is 26.7. The molecule has 4 rings (SSSR count). The number of nitrogens with one attached hydrogen (secondary N) is 2. The molecule has 1 aliphatic rings. The van der Waals surface area contributed by atoms with Crippen LogP contribution < -0.4 is 25.8 Å². The van der Waals surface area contributed by atoms with Gasteiger partial charge in [0, 0.05) is 44.3 Å². The molecule has 0 saturated carbocycles. The summed E-state index contributed by atoms with van der Waals surface area (Å²) in [5.41, 5.74) is 1.37. The summed E-state index contributed by atoms with van der Waals surface area (Å²) in [4.78, 5) is 33.5. The Morgan fingerprint density at radius 1 is 1.30 bits per heavy atom. The van der Waals surface area contributed by atoms with E-state index in [2.05, 4.69) is 28.6 Å². The van der Waals surface area contributed by atoms with Gasteiger partial charge in [0.15, 0.2) is 18.2 Å². The Hall–Kier alpha value is -3.85. The zero-order chi connectivity index (χ0) is 29.0. The van der Waals surface area contributed by atoms with Crippen molar-refractivity contribution in [2.75, 3.05) is 57.6 Å². The molecule has 40 heavy (non-hydrogen) atoms. The van der Waals surface area contributed by atoms with E-state index in [1.54, 1.807) is 16.7 Å². The molecule has 1 aromatic carbocycles. The van der Waals surface area contributed by atoms with Gasteiger partial charge in [-0.25, -0.2) is 4.98 Å². The highest BCUT2D eigenvalue weighted by molar-refractivity contribution is 6.33. The standard InChI is InChI=1S/C28H34ClN7O4/c1-17-9-21(37)15-35(14-17)27-19(13-30)11-22(29)26(33-27)32-20-5-6-23-18(10-20)12-24(40-16-25(38)31-2)28(39)36(23)8-7-34(3)4/h5-6,10-12,17,21,37H,7-9,14-16H2,1-4H3,(H,31,38)(H,32,33). The summed E-state index contributed by atoms with van der Waals surface area (Å²) in [5.74, 6) is 0.793. The largest absolute Gasteiger partial charge is 0.478 e. The van der Waals surface area contributed by atoms with Gasteiger partial charge in [-0.3, -0.25) is 9.59 Å². The first-order valence-corrected chi connectivity index (χ1v) is 13.4. The van der Waals surface area contributed by atoms with Crippen LogP contribution in [0.4, 0.5) is 17.3 Å². The predicted molar refractivity (Wildman–Crippen MR) is 156 cm³/mol. The summed E-state index contributed by atoms with van der Waals surface area (Å²) in [6.07, 6.45) is 0.192. The van der Waals surface area contributed by atoms with Gasteiger partial charge in [-0.2, -0.15) is 5.26 Å². The number of aliphatic hydroxyl groups is 1. The zero-order valence-corrected chi connectivity index (χ0v) is 23.8. The molecule has 2 atom stereocenters. The molecule has 0 radical (unpaired) electrons. The van der Waals surface area contributed by atoms with E-state index in [4.69, 9.17) is 16.3 Å². The van der Waals surface area contributed by atoms with Crippen molar-refractivity contribution in [2.45, 2.75) is 26.0 Å². The third-order valence-corrected chi connectivity index (χ3v) is 7.03. The number of β-amino-alcohol motifs (C(OH)–C–C–N with tert-alkyl or cyclic N) is 1. The Morgan fingerprint density at radius 2 is 2.08 bits per heavy atom. The fraction of sp³-hybridized carbons (Fsp3) is 0.429. The van der Waals surface area contributed by atoms with Gasteiger partial charge in [-0.05, 0) is 56.8 Å². The molecule has 2 unspecified atom stereocenters. The normalized spacial score (nSPS) is 17.1. The Bertz CT molecular complexity index is 1490. The summed E-state index contributed by atoms with van der Waals surface area (Å²) in [7, 11) is 5.35. The lowest BCUT2D eigenvalue weighted by Gasteiger charge is -2.35. The number of amides is 1. The van der Waals surface area contributed by atoms with Gasteiger partial charge < -0.3 is 34.8 Å². The molecule has 11 nitrogen and oxygen atoms in total. The molecule has 0 spiro atoms. The quantitative estimate of drug-likeness (QED) is 0.356. The number of halogens is 1. The minimum atomic E-state index is -0.505. The first kappa shape index (κ1) is 29.1. The van der Waals surface area contributed by atoms with E-state index in [9.17, 15) is 20.0 Å². The second kappa shape index (κ2) is 12.6. The molecule has 12 heteroatoms. The monoisotopic (exact) mass is 567 g/mol. The number of ether oxygens (including phenoxy) is 1. The number of hydrogen-bond donors (Lipinski definition) is 3. The van der Waals surface area contributed by atoms with E-state index in [0.29, 0.717) is 66.4 Å². The average Bonchev–Trinajstić information content (AvgIpc) is 2.91. The fourth-order valence-electron chi connectivity index (χ4n) is 4.80. The van der Waals surface area contributed by atoms with Crippen LogP contribution in [0, 0.1) is 17.2 Å². The molecule has 1 amide bonds. The summed E-state index contributed by atoms with van der Waals surface area (Å²) < 4.78 is 7.21. The number of benzene rings is 1.